The van der Waals surface area contributed by atoms with Gasteiger partial charge in [-0.3, -0.25) is 9.69 Å². The van der Waals surface area contributed by atoms with Crippen LogP contribution in [0.4, 0.5) is 5.13 Å². The van der Waals surface area contributed by atoms with E-state index in [2.05, 4.69) is 11.1 Å². The zero-order valence-electron chi connectivity index (χ0n) is 18.5. The van der Waals surface area contributed by atoms with Crippen molar-refractivity contribution in [2.24, 2.45) is 0 Å². The lowest BCUT2D eigenvalue weighted by atomic mass is 10.1. The largest absolute Gasteiger partial charge is 0.309 e. The number of aromatic nitrogens is 1. The number of carbonyl (C=O) groups is 1. The summed E-state index contributed by atoms with van der Waals surface area (Å²) in [5.74, 6) is -1.10. The van der Waals surface area contributed by atoms with Gasteiger partial charge in [0.25, 0.3) is 0 Å². The molecule has 0 aliphatic carbocycles. The smallest absolute Gasteiger partial charge is 0.244 e. The molecule has 0 aliphatic heterocycles. The van der Waals surface area contributed by atoms with Gasteiger partial charge in [0, 0.05) is 11.6 Å². The lowest BCUT2D eigenvalue weighted by Crippen LogP contribution is -2.37. The molecule has 0 aliphatic rings. The summed E-state index contributed by atoms with van der Waals surface area (Å²) in [6, 6.07) is 9.91. The summed E-state index contributed by atoms with van der Waals surface area (Å²) in [7, 11) is 0.120. The molecule has 174 valence electrons. The number of aryl methyl sites for hydroxylation is 2. The molecule has 0 saturated heterocycles. The first-order valence-electron chi connectivity index (χ1n) is 9.88. The minimum Gasteiger partial charge on any atom is -0.309 e. The molecule has 0 radical (unpaired) electrons. The number of hydrogen-bond donors (Lipinski definition) is 0. The first-order chi connectivity index (χ1) is 14.6. The molecule has 10 heteroatoms. The molecule has 1 amide bonds. The summed E-state index contributed by atoms with van der Waals surface area (Å²) in [5.41, 5.74) is 3.01. The molecule has 3 rings (SSSR count). The van der Waals surface area contributed by atoms with Gasteiger partial charge in [-0.15, -0.1) is 12.4 Å². The van der Waals surface area contributed by atoms with Crippen LogP contribution in [0.5, 0.6) is 0 Å². The van der Waals surface area contributed by atoms with Crippen LogP contribution in [0.3, 0.4) is 0 Å². The normalized spacial score (nSPS) is 11.6. The van der Waals surface area contributed by atoms with Crippen LogP contribution in [-0.2, 0) is 14.6 Å². The summed E-state index contributed by atoms with van der Waals surface area (Å²) in [6.07, 6.45) is 0.702. The number of sulfone groups is 1. The van der Waals surface area contributed by atoms with Crippen LogP contribution in [0.25, 0.3) is 10.2 Å². The maximum atomic E-state index is 13.2. The highest BCUT2D eigenvalue weighted by atomic mass is 35.5. The van der Waals surface area contributed by atoms with Crippen LogP contribution in [0.1, 0.15) is 17.5 Å². The molecule has 1 heterocycles. The van der Waals surface area contributed by atoms with E-state index in [1.165, 1.54) is 40.5 Å². The standard InChI is InChI=1S/C22H26ClN3O3S2.ClH/c1-15-12-16(2)21-19(13-15)24-22(30-21)26(11-5-10-25(3)4)20(27)14-31(28,29)18-8-6-17(23)7-9-18;/h6-9,12-13H,5,10-11,14H2,1-4H3;1H. The lowest BCUT2D eigenvalue weighted by molar-refractivity contribution is -0.116. The van der Waals surface area contributed by atoms with Crippen molar-refractivity contribution >= 4 is 66.4 Å². The van der Waals surface area contributed by atoms with Crippen molar-refractivity contribution in [2.75, 3.05) is 37.8 Å². The Hall–Kier alpha value is -1.71. The predicted molar refractivity (Wildman–Crippen MR) is 135 cm³/mol. The van der Waals surface area contributed by atoms with E-state index < -0.39 is 21.5 Å². The quantitative estimate of drug-likeness (QED) is 0.432. The number of benzene rings is 2. The first-order valence-corrected chi connectivity index (χ1v) is 12.7. The van der Waals surface area contributed by atoms with Crippen molar-refractivity contribution in [3.05, 3.63) is 52.5 Å². The van der Waals surface area contributed by atoms with Crippen LogP contribution in [0.2, 0.25) is 5.02 Å². The Morgan fingerprint density at radius 3 is 2.38 bits per heavy atom. The van der Waals surface area contributed by atoms with E-state index in [1.807, 2.05) is 38.9 Å². The monoisotopic (exact) mass is 515 g/mol. The van der Waals surface area contributed by atoms with E-state index in [4.69, 9.17) is 11.6 Å². The van der Waals surface area contributed by atoms with E-state index in [1.54, 1.807) is 0 Å². The fourth-order valence-corrected chi connectivity index (χ4v) is 5.70. The van der Waals surface area contributed by atoms with E-state index in [0.29, 0.717) is 23.1 Å². The van der Waals surface area contributed by atoms with Crippen LogP contribution >= 0.6 is 35.3 Å². The molecule has 1 aromatic heterocycles. The van der Waals surface area contributed by atoms with Crippen LogP contribution in [0.15, 0.2) is 41.3 Å². The molecule has 2 aromatic carbocycles. The average Bonchev–Trinajstić information content (AvgIpc) is 3.08. The van der Waals surface area contributed by atoms with Crippen LogP contribution in [-0.4, -0.2) is 57.1 Å². The van der Waals surface area contributed by atoms with Crippen molar-refractivity contribution in [1.29, 1.82) is 0 Å². The Morgan fingerprint density at radius 2 is 1.75 bits per heavy atom. The Labute approximate surface area is 204 Å². The summed E-state index contributed by atoms with van der Waals surface area (Å²) < 4.78 is 26.7. The number of nitrogens with zero attached hydrogens (tertiary/aromatic N) is 3. The Kier molecular flexibility index (Phi) is 9.07. The second kappa shape index (κ2) is 10.9. The number of rotatable bonds is 8. The van der Waals surface area contributed by atoms with Gasteiger partial charge in [-0.25, -0.2) is 13.4 Å². The number of amides is 1. The highest BCUT2D eigenvalue weighted by Crippen LogP contribution is 2.32. The zero-order chi connectivity index (χ0) is 22.8. The maximum Gasteiger partial charge on any atom is 0.244 e. The molecule has 32 heavy (non-hydrogen) atoms. The molecule has 0 unspecified atom stereocenters. The molecular weight excluding hydrogens is 489 g/mol. The number of fused-ring (bicyclic) bond motifs is 1. The van der Waals surface area contributed by atoms with Gasteiger partial charge in [0.05, 0.1) is 15.1 Å². The summed E-state index contributed by atoms with van der Waals surface area (Å²) >= 11 is 7.28. The predicted octanol–water partition coefficient (Wildman–Crippen LogP) is 4.75. The van der Waals surface area contributed by atoms with E-state index in [-0.39, 0.29) is 17.3 Å². The highest BCUT2D eigenvalue weighted by molar-refractivity contribution is 7.92. The third-order valence-corrected chi connectivity index (χ3v) is 7.91. The van der Waals surface area contributed by atoms with Crippen molar-refractivity contribution in [3.8, 4) is 0 Å². The van der Waals surface area contributed by atoms with E-state index >= 15 is 0 Å². The fraction of sp³-hybridized carbons (Fsp3) is 0.364. The van der Waals surface area contributed by atoms with Gasteiger partial charge in [-0.2, -0.15) is 0 Å². The van der Waals surface area contributed by atoms with Gasteiger partial charge < -0.3 is 4.90 Å². The van der Waals surface area contributed by atoms with Gasteiger partial charge in [0.15, 0.2) is 15.0 Å². The molecule has 0 fully saturated rings. The minimum atomic E-state index is -3.80. The topological polar surface area (TPSA) is 70.6 Å². The SMILES string of the molecule is Cc1cc(C)c2sc(N(CCCN(C)C)C(=O)CS(=O)(=O)c3ccc(Cl)cc3)nc2c1.Cl. The second-order valence-electron chi connectivity index (χ2n) is 7.84. The molecule has 0 saturated carbocycles. The van der Waals surface area contributed by atoms with Gasteiger partial charge in [0.1, 0.15) is 5.75 Å². The highest BCUT2D eigenvalue weighted by Gasteiger charge is 2.26. The number of hydrogen-bond acceptors (Lipinski definition) is 6. The fourth-order valence-electron chi connectivity index (χ4n) is 3.32. The number of anilines is 1. The number of halogens is 2. The lowest BCUT2D eigenvalue weighted by Gasteiger charge is -2.21. The third-order valence-electron chi connectivity index (χ3n) is 4.81. The minimum absolute atomic E-state index is 0. The van der Waals surface area contributed by atoms with Crippen molar-refractivity contribution in [3.63, 3.8) is 0 Å². The number of carbonyl (C=O) groups excluding carboxylic acids is 1. The molecule has 6 nitrogen and oxygen atoms in total. The second-order valence-corrected chi connectivity index (χ2v) is 11.2. The maximum absolute atomic E-state index is 13.2. The Bertz CT molecular complexity index is 1190. The van der Waals surface area contributed by atoms with Crippen molar-refractivity contribution in [2.45, 2.75) is 25.2 Å². The molecule has 3 aromatic rings. The van der Waals surface area contributed by atoms with E-state index in [9.17, 15) is 13.2 Å². The summed E-state index contributed by atoms with van der Waals surface area (Å²) in [4.78, 5) is 21.5. The van der Waals surface area contributed by atoms with Crippen molar-refractivity contribution in [1.82, 2.24) is 9.88 Å². The molecule has 0 spiro atoms. The van der Waals surface area contributed by atoms with Crippen LogP contribution in [0, 0.1) is 13.8 Å². The average molecular weight is 517 g/mol. The summed E-state index contributed by atoms with van der Waals surface area (Å²) in [5, 5.41) is 0.967. The van der Waals surface area contributed by atoms with Crippen molar-refractivity contribution < 1.29 is 13.2 Å². The van der Waals surface area contributed by atoms with E-state index in [0.717, 1.165) is 27.9 Å². The third kappa shape index (κ3) is 6.42. The van der Waals surface area contributed by atoms with Crippen LogP contribution < -0.4 is 4.90 Å². The van der Waals surface area contributed by atoms with Gasteiger partial charge >= 0.3 is 0 Å². The molecule has 0 bridgehead atoms. The Morgan fingerprint density at radius 1 is 1.09 bits per heavy atom. The first kappa shape index (κ1) is 26.5. The van der Waals surface area contributed by atoms with Gasteiger partial charge in [-0.05, 0) is 82.4 Å². The Balaban J connectivity index is 0.00000363. The molecule has 0 atom stereocenters. The zero-order valence-corrected chi connectivity index (χ0v) is 21.7. The van der Waals surface area contributed by atoms with Gasteiger partial charge in [0.2, 0.25) is 5.91 Å². The molecule has 0 N–H and O–H groups in total. The van der Waals surface area contributed by atoms with Gasteiger partial charge in [-0.1, -0.05) is 29.0 Å². The number of thiazole rings is 1. The molecular formula is C22H27Cl2N3O3S2. The summed E-state index contributed by atoms with van der Waals surface area (Å²) in [6.45, 7) is 5.19.